The fourth-order valence-electron chi connectivity index (χ4n) is 1.75. The molecule has 1 aliphatic rings. The van der Waals surface area contributed by atoms with Crippen LogP contribution in [-0.4, -0.2) is 20.2 Å². The summed E-state index contributed by atoms with van der Waals surface area (Å²) in [6.07, 6.45) is 0. The maximum absolute atomic E-state index is 11.8. The molecule has 0 aromatic heterocycles. The van der Waals surface area contributed by atoms with Crippen molar-refractivity contribution >= 4 is 15.5 Å². The first-order valence-corrected chi connectivity index (χ1v) is 6.24. The van der Waals surface area contributed by atoms with E-state index in [1.165, 1.54) is 0 Å². The third kappa shape index (κ3) is 1.50. The summed E-state index contributed by atoms with van der Waals surface area (Å²) < 4.78 is 23.5. The Morgan fingerprint density at radius 1 is 1.43 bits per heavy atom. The van der Waals surface area contributed by atoms with Crippen molar-refractivity contribution in [3.05, 3.63) is 23.8 Å². The highest BCUT2D eigenvalue weighted by molar-refractivity contribution is 7.91. The van der Waals surface area contributed by atoms with E-state index in [2.05, 4.69) is 5.32 Å². The summed E-state index contributed by atoms with van der Waals surface area (Å²) in [6.45, 7) is 3.83. The molecule has 0 saturated carbocycles. The number of anilines is 1. The molecule has 0 bridgehead atoms. The van der Waals surface area contributed by atoms with Crippen molar-refractivity contribution in [2.24, 2.45) is 0 Å². The van der Waals surface area contributed by atoms with Gasteiger partial charge >= 0.3 is 0 Å². The van der Waals surface area contributed by atoms with Crippen LogP contribution in [0.15, 0.2) is 23.1 Å². The van der Waals surface area contributed by atoms with Crippen molar-refractivity contribution < 1.29 is 8.42 Å². The summed E-state index contributed by atoms with van der Waals surface area (Å²) in [4.78, 5) is 0.432. The molecule has 4 heteroatoms. The van der Waals surface area contributed by atoms with Crippen LogP contribution in [0.4, 0.5) is 5.69 Å². The molecule has 0 spiro atoms. The Kier molecular flexibility index (Phi) is 2.03. The average molecular weight is 211 g/mol. The Balaban J connectivity index is 2.64. The van der Waals surface area contributed by atoms with Crippen molar-refractivity contribution in [2.75, 3.05) is 11.1 Å². The zero-order valence-electron chi connectivity index (χ0n) is 8.24. The van der Waals surface area contributed by atoms with Crippen LogP contribution in [-0.2, 0) is 9.84 Å². The van der Waals surface area contributed by atoms with Gasteiger partial charge in [0, 0.05) is 6.04 Å². The number of rotatable bonds is 0. The largest absolute Gasteiger partial charge is 0.380 e. The molecule has 1 aromatic carbocycles. The highest BCUT2D eigenvalue weighted by Crippen LogP contribution is 2.28. The van der Waals surface area contributed by atoms with Crippen molar-refractivity contribution in [1.82, 2.24) is 0 Å². The molecule has 0 aliphatic carbocycles. The monoisotopic (exact) mass is 211 g/mol. The van der Waals surface area contributed by atoms with E-state index in [0.29, 0.717) is 4.90 Å². The molecule has 1 heterocycles. The van der Waals surface area contributed by atoms with E-state index in [1.807, 2.05) is 26.0 Å². The summed E-state index contributed by atoms with van der Waals surface area (Å²) in [5.74, 6) is 0.184. The number of aryl methyl sites for hydroxylation is 1. The Labute approximate surface area is 84.1 Å². The minimum Gasteiger partial charge on any atom is -0.380 e. The molecule has 0 amide bonds. The minimum absolute atomic E-state index is 0.00528. The van der Waals surface area contributed by atoms with E-state index in [4.69, 9.17) is 0 Å². The molecular weight excluding hydrogens is 198 g/mol. The zero-order chi connectivity index (χ0) is 10.3. The maximum Gasteiger partial charge on any atom is 0.182 e. The fraction of sp³-hybridized carbons (Fsp3) is 0.400. The number of nitrogens with one attached hydrogen (secondary N) is 1. The molecule has 0 fully saturated rings. The Hall–Kier alpha value is -1.03. The van der Waals surface area contributed by atoms with Gasteiger partial charge in [-0.05, 0) is 31.5 Å². The lowest BCUT2D eigenvalue weighted by atomic mass is 10.2. The molecule has 1 aromatic rings. The first kappa shape index (κ1) is 9.52. The van der Waals surface area contributed by atoms with Crippen molar-refractivity contribution in [3.63, 3.8) is 0 Å². The summed E-state index contributed by atoms with van der Waals surface area (Å²) in [5, 5.41) is 3.18. The summed E-state index contributed by atoms with van der Waals surface area (Å²) >= 11 is 0. The van der Waals surface area contributed by atoms with Gasteiger partial charge in [0.25, 0.3) is 0 Å². The molecule has 2 rings (SSSR count). The predicted octanol–water partition coefficient (Wildman–Crippen LogP) is 1.58. The van der Waals surface area contributed by atoms with Crippen molar-refractivity contribution in [3.8, 4) is 0 Å². The second kappa shape index (κ2) is 2.98. The lowest BCUT2D eigenvalue weighted by Gasteiger charge is -2.24. The molecule has 3 nitrogen and oxygen atoms in total. The highest BCUT2D eigenvalue weighted by Gasteiger charge is 2.27. The van der Waals surface area contributed by atoms with Gasteiger partial charge in [-0.3, -0.25) is 0 Å². The van der Waals surface area contributed by atoms with Crippen LogP contribution in [0, 0.1) is 6.92 Å². The molecule has 14 heavy (non-hydrogen) atoms. The number of benzene rings is 1. The number of sulfone groups is 1. The van der Waals surface area contributed by atoms with Crippen LogP contribution >= 0.6 is 0 Å². The summed E-state index contributed by atoms with van der Waals surface area (Å²) in [5.41, 5.74) is 1.81. The van der Waals surface area contributed by atoms with Gasteiger partial charge in [0.15, 0.2) is 9.84 Å². The van der Waals surface area contributed by atoms with E-state index in [-0.39, 0.29) is 11.8 Å². The van der Waals surface area contributed by atoms with E-state index >= 15 is 0 Å². The number of hydrogen-bond donors (Lipinski definition) is 1. The van der Waals surface area contributed by atoms with E-state index < -0.39 is 9.84 Å². The van der Waals surface area contributed by atoms with E-state index in [0.717, 1.165) is 11.3 Å². The third-order valence-corrected chi connectivity index (χ3v) is 4.31. The van der Waals surface area contributed by atoms with Gasteiger partial charge < -0.3 is 5.32 Å². The molecule has 1 atom stereocenters. The van der Waals surface area contributed by atoms with Crippen LogP contribution < -0.4 is 5.32 Å². The summed E-state index contributed by atoms with van der Waals surface area (Å²) in [7, 11) is -3.07. The van der Waals surface area contributed by atoms with Crippen LogP contribution in [0.1, 0.15) is 12.5 Å². The second-order valence-corrected chi connectivity index (χ2v) is 5.83. The molecule has 0 saturated heterocycles. The first-order valence-electron chi connectivity index (χ1n) is 4.59. The van der Waals surface area contributed by atoms with Gasteiger partial charge in [0.05, 0.1) is 16.3 Å². The van der Waals surface area contributed by atoms with Gasteiger partial charge in [-0.25, -0.2) is 8.42 Å². The zero-order valence-corrected chi connectivity index (χ0v) is 9.06. The smallest absolute Gasteiger partial charge is 0.182 e. The molecular formula is C10H13NO2S. The fourth-order valence-corrected chi connectivity index (χ4v) is 3.40. The van der Waals surface area contributed by atoms with E-state index in [1.54, 1.807) is 6.07 Å². The quantitative estimate of drug-likeness (QED) is 0.708. The van der Waals surface area contributed by atoms with Crippen molar-refractivity contribution in [2.45, 2.75) is 24.8 Å². The van der Waals surface area contributed by atoms with Gasteiger partial charge in [-0.15, -0.1) is 0 Å². The predicted molar refractivity (Wildman–Crippen MR) is 56.3 cm³/mol. The maximum atomic E-state index is 11.8. The Bertz CT molecular complexity index is 465. The van der Waals surface area contributed by atoms with Crippen LogP contribution in [0.3, 0.4) is 0 Å². The van der Waals surface area contributed by atoms with Crippen LogP contribution in [0.5, 0.6) is 0 Å². The lowest BCUT2D eigenvalue weighted by Crippen LogP contribution is -2.31. The second-order valence-electron chi connectivity index (χ2n) is 3.83. The van der Waals surface area contributed by atoms with Gasteiger partial charge in [0.1, 0.15) is 0 Å². The number of fused-ring (bicyclic) bond motifs is 1. The Morgan fingerprint density at radius 2 is 2.14 bits per heavy atom. The Morgan fingerprint density at radius 3 is 2.86 bits per heavy atom. The normalized spacial score (nSPS) is 23.7. The number of hydrogen-bond acceptors (Lipinski definition) is 3. The molecule has 1 unspecified atom stereocenters. The molecule has 0 radical (unpaired) electrons. The topological polar surface area (TPSA) is 46.2 Å². The third-order valence-electron chi connectivity index (χ3n) is 2.34. The van der Waals surface area contributed by atoms with Gasteiger partial charge in [0.2, 0.25) is 0 Å². The highest BCUT2D eigenvalue weighted by atomic mass is 32.2. The lowest BCUT2D eigenvalue weighted by molar-refractivity contribution is 0.589. The average Bonchev–Trinajstić information content (AvgIpc) is 2.00. The first-order chi connectivity index (χ1) is 6.49. The van der Waals surface area contributed by atoms with Crippen LogP contribution in [0.25, 0.3) is 0 Å². The standard InChI is InChI=1S/C10H13NO2S/c1-7-3-4-10-9(5-7)11-8(2)6-14(10,12)13/h3-5,8,11H,6H2,1-2H3. The van der Waals surface area contributed by atoms with Gasteiger partial charge in [-0.1, -0.05) is 6.07 Å². The van der Waals surface area contributed by atoms with E-state index in [9.17, 15) is 8.42 Å². The SMILES string of the molecule is Cc1ccc2c(c1)NC(C)CS2(=O)=O. The van der Waals surface area contributed by atoms with Crippen LogP contribution in [0.2, 0.25) is 0 Å². The minimum atomic E-state index is -3.07. The molecule has 1 aliphatic heterocycles. The van der Waals surface area contributed by atoms with Gasteiger partial charge in [-0.2, -0.15) is 0 Å². The summed E-state index contributed by atoms with van der Waals surface area (Å²) in [6, 6.07) is 5.38. The molecule has 76 valence electrons. The molecule has 1 N–H and O–H groups in total. The van der Waals surface area contributed by atoms with Crippen molar-refractivity contribution in [1.29, 1.82) is 0 Å².